The summed E-state index contributed by atoms with van der Waals surface area (Å²) < 4.78 is 22.3. The lowest BCUT2D eigenvalue weighted by atomic mass is 10.00. The van der Waals surface area contributed by atoms with E-state index in [1.807, 2.05) is 0 Å². The zero-order valence-electron chi connectivity index (χ0n) is 10.8. The maximum absolute atomic E-state index is 11.4. The molecule has 18 heavy (non-hydrogen) atoms. The Bertz CT molecular complexity index is 406. The zero-order valence-corrected chi connectivity index (χ0v) is 11.6. The van der Waals surface area contributed by atoms with E-state index in [1.54, 1.807) is 6.92 Å². The summed E-state index contributed by atoms with van der Waals surface area (Å²) >= 11 is 0. The van der Waals surface area contributed by atoms with Gasteiger partial charge in [0.15, 0.2) is 9.84 Å². The summed E-state index contributed by atoms with van der Waals surface area (Å²) in [6.45, 7) is 4.50. The van der Waals surface area contributed by atoms with Crippen LogP contribution in [0.1, 0.15) is 27.2 Å². The molecule has 0 saturated carbocycles. The van der Waals surface area contributed by atoms with Crippen LogP contribution >= 0.6 is 0 Å². The molecule has 0 bridgehead atoms. The Morgan fingerprint density at radius 3 is 2.22 bits per heavy atom. The highest BCUT2D eigenvalue weighted by Crippen LogP contribution is 2.08. The van der Waals surface area contributed by atoms with Crippen molar-refractivity contribution < 1.29 is 23.1 Å². The standard InChI is InChI=1S/C10H20N2O5S/c1-4-10(3,8(13)14)12-9(15)11-6-7-18(16,17)5-2/h4-7H2,1-3H3,(H,13,14)(H2,11,12,15). The van der Waals surface area contributed by atoms with Crippen molar-refractivity contribution in [2.45, 2.75) is 32.7 Å². The number of carbonyl (C=O) groups excluding carboxylic acids is 1. The van der Waals surface area contributed by atoms with Crippen LogP contribution in [-0.2, 0) is 14.6 Å². The van der Waals surface area contributed by atoms with E-state index in [0.717, 1.165) is 0 Å². The van der Waals surface area contributed by atoms with E-state index in [1.165, 1.54) is 13.8 Å². The number of carboxylic acids is 1. The number of rotatable bonds is 7. The van der Waals surface area contributed by atoms with E-state index in [2.05, 4.69) is 10.6 Å². The van der Waals surface area contributed by atoms with Crippen LogP contribution < -0.4 is 10.6 Å². The number of nitrogens with one attached hydrogen (secondary N) is 2. The van der Waals surface area contributed by atoms with Crippen molar-refractivity contribution in [3.8, 4) is 0 Å². The normalized spacial score (nSPS) is 14.6. The third-order valence-electron chi connectivity index (χ3n) is 2.71. The second-order valence-electron chi connectivity index (χ2n) is 4.11. The van der Waals surface area contributed by atoms with Crippen molar-refractivity contribution in [3.63, 3.8) is 0 Å². The molecule has 0 aliphatic carbocycles. The minimum atomic E-state index is -3.14. The Balaban J connectivity index is 4.25. The molecule has 2 amide bonds. The van der Waals surface area contributed by atoms with Crippen LogP contribution in [0.3, 0.4) is 0 Å². The summed E-state index contributed by atoms with van der Waals surface area (Å²) in [7, 11) is -3.14. The highest BCUT2D eigenvalue weighted by molar-refractivity contribution is 7.91. The average molecular weight is 280 g/mol. The molecule has 0 aliphatic heterocycles. The molecule has 0 saturated heterocycles. The first-order valence-electron chi connectivity index (χ1n) is 5.66. The first-order chi connectivity index (χ1) is 8.17. The SMILES string of the molecule is CCC(C)(NC(=O)NCCS(=O)(=O)CC)C(=O)O. The number of hydrogen-bond donors (Lipinski definition) is 3. The molecule has 1 unspecified atom stereocenters. The Morgan fingerprint density at radius 1 is 1.28 bits per heavy atom. The van der Waals surface area contributed by atoms with Gasteiger partial charge in [-0.05, 0) is 13.3 Å². The topological polar surface area (TPSA) is 113 Å². The van der Waals surface area contributed by atoms with Crippen LogP contribution in [0.4, 0.5) is 4.79 Å². The highest BCUT2D eigenvalue weighted by Gasteiger charge is 2.32. The molecular weight excluding hydrogens is 260 g/mol. The predicted octanol–water partition coefficient (Wildman–Crippen LogP) is -0.0264. The number of carboxylic acid groups (broad SMARTS) is 1. The van der Waals surface area contributed by atoms with Crippen LogP contribution in [0.25, 0.3) is 0 Å². The van der Waals surface area contributed by atoms with Crippen molar-refractivity contribution in [1.29, 1.82) is 0 Å². The van der Waals surface area contributed by atoms with Crippen molar-refractivity contribution in [3.05, 3.63) is 0 Å². The van der Waals surface area contributed by atoms with Gasteiger partial charge in [-0.15, -0.1) is 0 Å². The molecule has 0 spiro atoms. The van der Waals surface area contributed by atoms with Crippen LogP contribution in [0.5, 0.6) is 0 Å². The Hall–Kier alpha value is -1.31. The summed E-state index contributed by atoms with van der Waals surface area (Å²) in [5, 5.41) is 13.6. The second-order valence-corrected chi connectivity index (χ2v) is 6.58. The number of carbonyl (C=O) groups is 2. The molecule has 0 rings (SSSR count). The molecule has 106 valence electrons. The average Bonchev–Trinajstić information content (AvgIpc) is 2.28. The fourth-order valence-corrected chi connectivity index (χ4v) is 1.75. The summed E-state index contributed by atoms with van der Waals surface area (Å²) in [5.74, 6) is -1.29. The summed E-state index contributed by atoms with van der Waals surface area (Å²) in [6, 6.07) is -0.687. The van der Waals surface area contributed by atoms with Gasteiger partial charge in [0.2, 0.25) is 0 Å². The number of amides is 2. The van der Waals surface area contributed by atoms with Crippen LogP contribution in [0.2, 0.25) is 0 Å². The fraction of sp³-hybridized carbons (Fsp3) is 0.800. The number of urea groups is 1. The van der Waals surface area contributed by atoms with Crippen molar-refractivity contribution >= 4 is 21.8 Å². The molecule has 0 fully saturated rings. The molecule has 0 radical (unpaired) electrons. The predicted molar refractivity (Wildman–Crippen MR) is 67.2 cm³/mol. The van der Waals surface area contributed by atoms with Gasteiger partial charge >= 0.3 is 12.0 Å². The molecule has 8 heteroatoms. The monoisotopic (exact) mass is 280 g/mol. The molecule has 3 N–H and O–H groups in total. The van der Waals surface area contributed by atoms with Crippen molar-refractivity contribution in [1.82, 2.24) is 10.6 Å². The van der Waals surface area contributed by atoms with Gasteiger partial charge in [-0.2, -0.15) is 0 Å². The Labute approximate surface area is 107 Å². The minimum absolute atomic E-state index is 0.0120. The van der Waals surface area contributed by atoms with Crippen molar-refractivity contribution in [2.24, 2.45) is 0 Å². The van der Waals surface area contributed by atoms with Gasteiger partial charge in [-0.3, -0.25) is 0 Å². The van der Waals surface area contributed by atoms with Gasteiger partial charge in [0.1, 0.15) is 5.54 Å². The van der Waals surface area contributed by atoms with E-state index in [-0.39, 0.29) is 24.5 Å². The zero-order chi connectivity index (χ0) is 14.4. The smallest absolute Gasteiger partial charge is 0.329 e. The van der Waals surface area contributed by atoms with Gasteiger partial charge in [0, 0.05) is 12.3 Å². The lowest BCUT2D eigenvalue weighted by Crippen LogP contribution is -2.55. The molecule has 0 aromatic rings. The van der Waals surface area contributed by atoms with Crippen LogP contribution in [-0.4, -0.2) is 49.1 Å². The first-order valence-corrected chi connectivity index (χ1v) is 7.49. The van der Waals surface area contributed by atoms with E-state index < -0.39 is 27.4 Å². The molecule has 0 heterocycles. The van der Waals surface area contributed by atoms with Crippen LogP contribution in [0, 0.1) is 0 Å². The highest BCUT2D eigenvalue weighted by atomic mass is 32.2. The number of aliphatic carboxylic acids is 1. The van der Waals surface area contributed by atoms with E-state index in [0.29, 0.717) is 0 Å². The molecule has 0 aromatic carbocycles. The van der Waals surface area contributed by atoms with Gasteiger partial charge in [0.25, 0.3) is 0 Å². The van der Waals surface area contributed by atoms with Gasteiger partial charge in [0.05, 0.1) is 5.75 Å². The molecule has 1 atom stereocenters. The van der Waals surface area contributed by atoms with Gasteiger partial charge in [-0.25, -0.2) is 18.0 Å². The largest absolute Gasteiger partial charge is 0.480 e. The third kappa shape index (κ3) is 5.35. The van der Waals surface area contributed by atoms with Gasteiger partial charge in [-0.1, -0.05) is 13.8 Å². The Kier molecular flexibility index (Phi) is 6.10. The lowest BCUT2D eigenvalue weighted by Gasteiger charge is -2.24. The maximum Gasteiger partial charge on any atom is 0.329 e. The maximum atomic E-state index is 11.4. The lowest BCUT2D eigenvalue weighted by molar-refractivity contribution is -0.143. The summed E-state index contributed by atoms with van der Waals surface area (Å²) in [6.07, 6.45) is 0.225. The molecular formula is C10H20N2O5S. The number of sulfone groups is 1. The molecule has 0 aliphatic rings. The van der Waals surface area contributed by atoms with E-state index in [4.69, 9.17) is 5.11 Å². The molecule has 7 nitrogen and oxygen atoms in total. The summed E-state index contributed by atoms with van der Waals surface area (Å²) in [4.78, 5) is 22.3. The number of hydrogen-bond acceptors (Lipinski definition) is 4. The van der Waals surface area contributed by atoms with E-state index in [9.17, 15) is 18.0 Å². The van der Waals surface area contributed by atoms with E-state index >= 15 is 0 Å². The fourth-order valence-electron chi connectivity index (χ4n) is 1.05. The van der Waals surface area contributed by atoms with Crippen LogP contribution in [0.15, 0.2) is 0 Å². The second kappa shape index (κ2) is 6.58. The third-order valence-corrected chi connectivity index (χ3v) is 4.41. The minimum Gasteiger partial charge on any atom is -0.480 e. The molecule has 0 aromatic heterocycles. The first kappa shape index (κ1) is 16.7. The Morgan fingerprint density at radius 2 is 1.83 bits per heavy atom. The quantitative estimate of drug-likeness (QED) is 0.606. The summed E-state index contributed by atoms with van der Waals surface area (Å²) in [5.41, 5.74) is -1.35. The van der Waals surface area contributed by atoms with Gasteiger partial charge < -0.3 is 15.7 Å². The van der Waals surface area contributed by atoms with Crippen molar-refractivity contribution in [2.75, 3.05) is 18.1 Å².